The summed E-state index contributed by atoms with van der Waals surface area (Å²) in [4.78, 5) is 35.6. The zero-order valence-corrected chi connectivity index (χ0v) is 19.5. The van der Waals surface area contributed by atoms with E-state index in [1.54, 1.807) is 30.3 Å². The molecule has 2 aromatic rings. The third kappa shape index (κ3) is 7.05. The standard InChI is InChI=1S/C23H27N3O5S/c1-23(2,3)15-8-6-14(7-9-15)21(29)26-22(32)24-16-10-11-17(18(12-16)30-4)25-19(27)13-20(28)31-5/h6-12H,13H2,1-5H3,(H,25,27)(H2,24,26,29,32). The van der Waals surface area contributed by atoms with Crippen molar-refractivity contribution in [3.05, 3.63) is 53.6 Å². The highest BCUT2D eigenvalue weighted by molar-refractivity contribution is 7.80. The second kappa shape index (κ2) is 10.7. The number of rotatable bonds is 6. The number of hydrogen-bond acceptors (Lipinski definition) is 6. The highest BCUT2D eigenvalue weighted by Gasteiger charge is 2.16. The lowest BCUT2D eigenvalue weighted by Crippen LogP contribution is -2.34. The van der Waals surface area contributed by atoms with Crippen LogP contribution >= 0.6 is 12.2 Å². The Morgan fingerprint density at radius 3 is 2.19 bits per heavy atom. The fraction of sp³-hybridized carbons (Fsp3) is 0.304. The first-order valence-electron chi connectivity index (χ1n) is 9.81. The Morgan fingerprint density at radius 1 is 0.969 bits per heavy atom. The molecule has 0 aliphatic heterocycles. The minimum atomic E-state index is -0.645. The summed E-state index contributed by atoms with van der Waals surface area (Å²) in [5.41, 5.74) is 2.53. The minimum absolute atomic E-state index is 0.00411. The summed E-state index contributed by atoms with van der Waals surface area (Å²) in [6, 6.07) is 12.2. The van der Waals surface area contributed by atoms with Gasteiger partial charge in [0.2, 0.25) is 5.91 Å². The van der Waals surface area contributed by atoms with Crippen LogP contribution in [0.15, 0.2) is 42.5 Å². The number of esters is 1. The fourth-order valence-corrected chi connectivity index (χ4v) is 2.94. The molecule has 32 heavy (non-hydrogen) atoms. The average molecular weight is 458 g/mol. The van der Waals surface area contributed by atoms with E-state index >= 15 is 0 Å². The van der Waals surface area contributed by atoms with E-state index in [-0.39, 0.29) is 16.4 Å². The van der Waals surface area contributed by atoms with Crippen molar-refractivity contribution in [1.82, 2.24) is 5.32 Å². The summed E-state index contributed by atoms with van der Waals surface area (Å²) in [6.07, 6.45) is -0.410. The summed E-state index contributed by atoms with van der Waals surface area (Å²) in [7, 11) is 2.65. The summed E-state index contributed by atoms with van der Waals surface area (Å²) < 4.78 is 9.76. The number of carbonyl (C=O) groups is 3. The zero-order chi connectivity index (χ0) is 23.9. The Hall–Kier alpha value is -3.46. The summed E-state index contributed by atoms with van der Waals surface area (Å²) in [6.45, 7) is 6.31. The van der Waals surface area contributed by atoms with Crippen molar-refractivity contribution < 1.29 is 23.9 Å². The minimum Gasteiger partial charge on any atom is -0.494 e. The third-order valence-electron chi connectivity index (χ3n) is 4.51. The molecule has 0 bridgehead atoms. The molecule has 0 unspecified atom stereocenters. The van der Waals surface area contributed by atoms with Crippen molar-refractivity contribution in [2.75, 3.05) is 24.9 Å². The van der Waals surface area contributed by atoms with Crippen LogP contribution in [0, 0.1) is 0 Å². The van der Waals surface area contributed by atoms with Crippen LogP contribution in [-0.4, -0.2) is 37.1 Å². The molecular weight excluding hydrogens is 430 g/mol. The lowest BCUT2D eigenvalue weighted by Gasteiger charge is -2.19. The topological polar surface area (TPSA) is 106 Å². The predicted molar refractivity (Wildman–Crippen MR) is 127 cm³/mol. The van der Waals surface area contributed by atoms with Gasteiger partial charge in [0, 0.05) is 17.3 Å². The second-order valence-electron chi connectivity index (χ2n) is 7.95. The smallest absolute Gasteiger partial charge is 0.315 e. The Balaban J connectivity index is 2.01. The number of ether oxygens (including phenoxy) is 2. The molecule has 0 aliphatic carbocycles. The maximum Gasteiger partial charge on any atom is 0.315 e. The van der Waals surface area contributed by atoms with E-state index in [1.807, 2.05) is 12.1 Å². The van der Waals surface area contributed by atoms with E-state index < -0.39 is 18.3 Å². The van der Waals surface area contributed by atoms with Crippen LogP contribution in [0.3, 0.4) is 0 Å². The Bertz CT molecular complexity index is 1010. The Kier molecular flexibility index (Phi) is 8.31. The molecule has 170 valence electrons. The predicted octanol–water partition coefficient (Wildman–Crippen LogP) is 3.62. The zero-order valence-electron chi connectivity index (χ0n) is 18.7. The second-order valence-corrected chi connectivity index (χ2v) is 8.36. The summed E-state index contributed by atoms with van der Waals surface area (Å²) in [5, 5.41) is 8.23. The molecular formula is C23H27N3O5S. The summed E-state index contributed by atoms with van der Waals surface area (Å²) >= 11 is 5.24. The van der Waals surface area contributed by atoms with Crippen molar-refractivity contribution in [3.8, 4) is 5.75 Å². The van der Waals surface area contributed by atoms with E-state index in [1.165, 1.54) is 14.2 Å². The van der Waals surface area contributed by atoms with Gasteiger partial charge >= 0.3 is 5.97 Å². The van der Waals surface area contributed by atoms with Crippen LogP contribution in [0.1, 0.15) is 43.1 Å². The molecule has 2 rings (SSSR count). The van der Waals surface area contributed by atoms with E-state index in [9.17, 15) is 14.4 Å². The molecule has 0 fully saturated rings. The monoisotopic (exact) mass is 457 g/mol. The van der Waals surface area contributed by atoms with Crippen molar-refractivity contribution in [1.29, 1.82) is 0 Å². The molecule has 0 radical (unpaired) electrons. The van der Waals surface area contributed by atoms with E-state index in [2.05, 4.69) is 41.5 Å². The fourth-order valence-electron chi connectivity index (χ4n) is 2.73. The molecule has 0 aliphatic rings. The number of thiocarbonyl (C=S) groups is 1. The third-order valence-corrected chi connectivity index (χ3v) is 4.71. The first-order chi connectivity index (χ1) is 15.0. The maximum absolute atomic E-state index is 12.5. The van der Waals surface area contributed by atoms with E-state index in [0.29, 0.717) is 22.7 Å². The largest absolute Gasteiger partial charge is 0.494 e. The molecule has 0 spiro atoms. The molecule has 0 saturated carbocycles. The van der Waals surface area contributed by atoms with Crippen LogP contribution < -0.4 is 20.7 Å². The SMILES string of the molecule is COC(=O)CC(=O)Nc1ccc(NC(=S)NC(=O)c2ccc(C(C)(C)C)cc2)cc1OC. The molecule has 9 heteroatoms. The molecule has 2 amide bonds. The van der Waals surface area contributed by atoms with E-state index in [0.717, 1.165) is 5.56 Å². The van der Waals surface area contributed by atoms with Crippen molar-refractivity contribution in [2.24, 2.45) is 0 Å². The first kappa shape index (κ1) is 24.8. The lowest BCUT2D eigenvalue weighted by molar-refractivity contribution is -0.142. The number of hydrogen-bond donors (Lipinski definition) is 3. The van der Waals surface area contributed by atoms with Gasteiger partial charge in [-0.3, -0.25) is 19.7 Å². The molecule has 8 nitrogen and oxygen atoms in total. The molecule has 0 heterocycles. The average Bonchev–Trinajstić information content (AvgIpc) is 2.73. The molecule has 0 saturated heterocycles. The number of carbonyl (C=O) groups excluding carboxylic acids is 3. The number of nitrogens with one attached hydrogen (secondary N) is 3. The van der Waals surface area contributed by atoms with Crippen LogP contribution in [0.25, 0.3) is 0 Å². The highest BCUT2D eigenvalue weighted by Crippen LogP contribution is 2.28. The maximum atomic E-state index is 12.5. The Morgan fingerprint density at radius 2 is 1.62 bits per heavy atom. The quantitative estimate of drug-likeness (QED) is 0.346. The van der Waals surface area contributed by atoms with Gasteiger partial charge in [0.05, 0.1) is 19.9 Å². The van der Waals surface area contributed by atoms with Crippen molar-refractivity contribution >= 4 is 46.5 Å². The molecule has 3 N–H and O–H groups in total. The van der Waals surface area contributed by atoms with Gasteiger partial charge in [-0.05, 0) is 47.5 Å². The number of anilines is 2. The van der Waals surface area contributed by atoms with Gasteiger partial charge in [-0.1, -0.05) is 32.9 Å². The van der Waals surface area contributed by atoms with Crippen LogP contribution in [-0.2, 0) is 19.7 Å². The van der Waals surface area contributed by atoms with Gasteiger partial charge in [-0.2, -0.15) is 0 Å². The Labute approximate surface area is 192 Å². The van der Waals surface area contributed by atoms with Gasteiger partial charge < -0.3 is 20.1 Å². The number of methoxy groups -OCH3 is 2. The van der Waals surface area contributed by atoms with Crippen LogP contribution in [0.4, 0.5) is 11.4 Å². The van der Waals surface area contributed by atoms with Gasteiger partial charge in [0.25, 0.3) is 5.91 Å². The van der Waals surface area contributed by atoms with E-state index in [4.69, 9.17) is 17.0 Å². The van der Waals surface area contributed by atoms with Gasteiger partial charge in [-0.25, -0.2) is 0 Å². The van der Waals surface area contributed by atoms with Gasteiger partial charge in [0.15, 0.2) is 5.11 Å². The van der Waals surface area contributed by atoms with Crippen molar-refractivity contribution in [2.45, 2.75) is 32.6 Å². The molecule has 0 aromatic heterocycles. The first-order valence-corrected chi connectivity index (χ1v) is 10.2. The van der Waals surface area contributed by atoms with Gasteiger partial charge in [0.1, 0.15) is 12.2 Å². The van der Waals surface area contributed by atoms with Crippen LogP contribution in [0.2, 0.25) is 0 Å². The van der Waals surface area contributed by atoms with Gasteiger partial charge in [-0.15, -0.1) is 0 Å². The van der Waals surface area contributed by atoms with Crippen LogP contribution in [0.5, 0.6) is 5.75 Å². The number of benzene rings is 2. The van der Waals surface area contributed by atoms with Crippen molar-refractivity contribution in [3.63, 3.8) is 0 Å². The normalized spacial score (nSPS) is 10.7. The molecule has 0 atom stereocenters. The number of amides is 2. The lowest BCUT2D eigenvalue weighted by atomic mass is 9.87. The highest BCUT2D eigenvalue weighted by atomic mass is 32.1. The molecule has 2 aromatic carbocycles. The summed E-state index contributed by atoms with van der Waals surface area (Å²) in [5.74, 6) is -1.16.